The first kappa shape index (κ1) is 11.5. The normalized spacial score (nSPS) is 12.8. The van der Waals surface area contributed by atoms with Crippen molar-refractivity contribution in [3.63, 3.8) is 0 Å². The third-order valence-corrected chi connectivity index (χ3v) is 3.00. The summed E-state index contributed by atoms with van der Waals surface area (Å²) in [5.41, 5.74) is 1.95. The van der Waals surface area contributed by atoms with Gasteiger partial charge in [-0.2, -0.15) is 0 Å². The molecule has 17 heavy (non-hydrogen) atoms. The molecule has 1 unspecified atom stereocenters. The van der Waals surface area contributed by atoms with Gasteiger partial charge in [0.2, 0.25) is 0 Å². The van der Waals surface area contributed by atoms with Crippen molar-refractivity contribution in [2.45, 2.75) is 13.3 Å². The first-order valence-electron chi connectivity index (χ1n) is 5.48. The maximum atomic E-state index is 10.9. The average Bonchev–Trinajstić information content (AvgIpc) is 2.55. The molecular weight excluding hydrogens is 218 g/mol. The number of carboxylic acid groups (broad SMARTS) is 1. The Hall–Kier alpha value is -1.97. The number of carboxylic acids is 1. The lowest BCUT2D eigenvalue weighted by atomic mass is 10.0. The van der Waals surface area contributed by atoms with E-state index in [1.807, 2.05) is 23.9 Å². The predicted octanol–water partition coefficient (Wildman–Crippen LogP) is 2.15. The number of aryl methyl sites for hydroxylation is 1. The Morgan fingerprint density at radius 1 is 1.47 bits per heavy atom. The standard InChI is InChI=1S/C13H15NO3/c1-8(13(16)17)5-9-7-14(2)12-4-3-10(15)6-11(9)12/h3-4,6-8,15H,5H2,1-2H3,(H,16,17). The molecule has 2 rings (SSSR count). The molecule has 4 nitrogen and oxygen atoms in total. The highest BCUT2D eigenvalue weighted by Gasteiger charge is 2.15. The molecule has 0 amide bonds. The molecule has 1 aromatic heterocycles. The van der Waals surface area contributed by atoms with Crippen molar-refractivity contribution in [2.24, 2.45) is 13.0 Å². The third kappa shape index (κ3) is 2.11. The number of hydrogen-bond acceptors (Lipinski definition) is 2. The summed E-state index contributed by atoms with van der Waals surface area (Å²) in [5.74, 6) is -1.03. The van der Waals surface area contributed by atoms with Gasteiger partial charge in [0.15, 0.2) is 0 Å². The lowest BCUT2D eigenvalue weighted by Gasteiger charge is -2.04. The molecule has 0 radical (unpaired) electrons. The first-order valence-corrected chi connectivity index (χ1v) is 5.48. The van der Waals surface area contributed by atoms with E-state index in [2.05, 4.69) is 0 Å². The monoisotopic (exact) mass is 233 g/mol. The smallest absolute Gasteiger partial charge is 0.306 e. The maximum Gasteiger partial charge on any atom is 0.306 e. The van der Waals surface area contributed by atoms with Crippen LogP contribution in [0, 0.1) is 5.92 Å². The van der Waals surface area contributed by atoms with Crippen LogP contribution in [0.2, 0.25) is 0 Å². The second-order valence-electron chi connectivity index (χ2n) is 4.41. The van der Waals surface area contributed by atoms with E-state index in [9.17, 15) is 9.90 Å². The van der Waals surface area contributed by atoms with Crippen LogP contribution in [0.25, 0.3) is 10.9 Å². The van der Waals surface area contributed by atoms with E-state index in [0.717, 1.165) is 16.5 Å². The number of rotatable bonds is 3. The van der Waals surface area contributed by atoms with Gasteiger partial charge in [-0.15, -0.1) is 0 Å². The van der Waals surface area contributed by atoms with Crippen molar-refractivity contribution < 1.29 is 15.0 Å². The summed E-state index contributed by atoms with van der Waals surface area (Å²) in [6.45, 7) is 1.68. The molecule has 1 heterocycles. The Morgan fingerprint density at radius 2 is 2.18 bits per heavy atom. The van der Waals surface area contributed by atoms with Gasteiger partial charge in [-0.1, -0.05) is 6.92 Å². The number of fused-ring (bicyclic) bond motifs is 1. The molecule has 0 spiro atoms. The van der Waals surface area contributed by atoms with Gasteiger partial charge in [0.25, 0.3) is 0 Å². The molecule has 0 bridgehead atoms. The molecule has 2 N–H and O–H groups in total. The fourth-order valence-electron chi connectivity index (χ4n) is 2.04. The molecule has 1 aromatic carbocycles. The first-order chi connectivity index (χ1) is 7.99. The summed E-state index contributed by atoms with van der Waals surface area (Å²) in [4.78, 5) is 10.9. The molecule has 0 saturated heterocycles. The van der Waals surface area contributed by atoms with Gasteiger partial charge < -0.3 is 14.8 Å². The van der Waals surface area contributed by atoms with E-state index >= 15 is 0 Å². The molecule has 90 valence electrons. The van der Waals surface area contributed by atoms with Crippen LogP contribution in [0.4, 0.5) is 0 Å². The number of aromatic hydroxyl groups is 1. The highest BCUT2D eigenvalue weighted by molar-refractivity contribution is 5.86. The minimum absolute atomic E-state index is 0.202. The molecule has 0 aliphatic carbocycles. The average molecular weight is 233 g/mol. The summed E-state index contributed by atoms with van der Waals surface area (Å²) in [5, 5.41) is 19.3. The lowest BCUT2D eigenvalue weighted by Crippen LogP contribution is -2.11. The number of nitrogens with zero attached hydrogens (tertiary/aromatic N) is 1. The van der Waals surface area contributed by atoms with Crippen molar-refractivity contribution in [3.8, 4) is 5.75 Å². The van der Waals surface area contributed by atoms with Gasteiger partial charge in [0.1, 0.15) is 5.75 Å². The van der Waals surface area contributed by atoms with Crippen LogP contribution >= 0.6 is 0 Å². The van der Waals surface area contributed by atoms with E-state index in [4.69, 9.17) is 5.11 Å². The Morgan fingerprint density at radius 3 is 2.82 bits per heavy atom. The van der Waals surface area contributed by atoms with Gasteiger partial charge in [-0.3, -0.25) is 4.79 Å². The van der Waals surface area contributed by atoms with Crippen molar-refractivity contribution in [1.82, 2.24) is 4.57 Å². The quantitative estimate of drug-likeness (QED) is 0.853. The molecule has 0 fully saturated rings. The molecule has 0 saturated carbocycles. The van der Waals surface area contributed by atoms with E-state index in [0.29, 0.717) is 6.42 Å². The van der Waals surface area contributed by atoms with Crippen LogP contribution in [0.1, 0.15) is 12.5 Å². The zero-order valence-corrected chi connectivity index (χ0v) is 9.84. The summed E-state index contributed by atoms with van der Waals surface area (Å²) < 4.78 is 1.94. The van der Waals surface area contributed by atoms with Gasteiger partial charge in [-0.05, 0) is 30.2 Å². The number of aliphatic carboxylic acids is 1. The minimum atomic E-state index is -0.804. The largest absolute Gasteiger partial charge is 0.508 e. The van der Waals surface area contributed by atoms with Crippen molar-refractivity contribution in [1.29, 1.82) is 0 Å². The van der Waals surface area contributed by atoms with E-state index in [-0.39, 0.29) is 5.75 Å². The van der Waals surface area contributed by atoms with Crippen molar-refractivity contribution >= 4 is 16.9 Å². The highest BCUT2D eigenvalue weighted by atomic mass is 16.4. The Kier molecular flexibility index (Phi) is 2.79. The summed E-state index contributed by atoms with van der Waals surface area (Å²) >= 11 is 0. The number of aromatic nitrogens is 1. The molecular formula is C13H15NO3. The van der Waals surface area contributed by atoms with Gasteiger partial charge >= 0.3 is 5.97 Å². The van der Waals surface area contributed by atoms with Crippen LogP contribution in [0.15, 0.2) is 24.4 Å². The number of benzene rings is 1. The van der Waals surface area contributed by atoms with Gasteiger partial charge in [-0.25, -0.2) is 0 Å². The van der Waals surface area contributed by atoms with E-state index < -0.39 is 11.9 Å². The van der Waals surface area contributed by atoms with Crippen LogP contribution in [-0.4, -0.2) is 20.7 Å². The Balaban J connectivity index is 2.47. The molecule has 0 aliphatic heterocycles. The minimum Gasteiger partial charge on any atom is -0.508 e. The lowest BCUT2D eigenvalue weighted by molar-refractivity contribution is -0.141. The van der Waals surface area contributed by atoms with Crippen LogP contribution < -0.4 is 0 Å². The molecule has 1 atom stereocenters. The molecule has 0 aliphatic rings. The topological polar surface area (TPSA) is 62.5 Å². The van der Waals surface area contributed by atoms with Crippen LogP contribution in [0.5, 0.6) is 5.75 Å². The van der Waals surface area contributed by atoms with Crippen LogP contribution in [-0.2, 0) is 18.3 Å². The third-order valence-electron chi connectivity index (χ3n) is 3.00. The van der Waals surface area contributed by atoms with Crippen LogP contribution in [0.3, 0.4) is 0 Å². The summed E-state index contributed by atoms with van der Waals surface area (Å²) in [6, 6.07) is 5.14. The van der Waals surface area contributed by atoms with Gasteiger partial charge in [0, 0.05) is 24.1 Å². The number of phenolic OH excluding ortho intramolecular Hbond substituents is 1. The zero-order valence-electron chi connectivity index (χ0n) is 9.84. The van der Waals surface area contributed by atoms with Crippen molar-refractivity contribution in [2.75, 3.05) is 0 Å². The van der Waals surface area contributed by atoms with Crippen molar-refractivity contribution in [3.05, 3.63) is 30.0 Å². The van der Waals surface area contributed by atoms with E-state index in [1.165, 1.54) is 0 Å². The molecule has 2 aromatic rings. The Bertz CT molecular complexity index is 571. The number of phenols is 1. The fraction of sp³-hybridized carbons (Fsp3) is 0.308. The summed E-state index contributed by atoms with van der Waals surface area (Å²) in [6.07, 6.45) is 2.39. The predicted molar refractivity (Wildman–Crippen MR) is 65.1 cm³/mol. The highest BCUT2D eigenvalue weighted by Crippen LogP contribution is 2.26. The Labute approximate surface area is 99.1 Å². The summed E-state index contributed by atoms with van der Waals surface area (Å²) in [7, 11) is 1.91. The second kappa shape index (κ2) is 4.13. The van der Waals surface area contributed by atoms with E-state index in [1.54, 1.807) is 19.1 Å². The SMILES string of the molecule is CC(Cc1cn(C)c2ccc(O)cc12)C(=O)O. The number of carbonyl (C=O) groups is 1. The zero-order chi connectivity index (χ0) is 12.6. The van der Waals surface area contributed by atoms with Gasteiger partial charge in [0.05, 0.1) is 5.92 Å². The second-order valence-corrected chi connectivity index (χ2v) is 4.41. The number of hydrogen-bond donors (Lipinski definition) is 2. The molecule has 4 heteroatoms. The fourth-order valence-corrected chi connectivity index (χ4v) is 2.04. The maximum absolute atomic E-state index is 10.9.